The van der Waals surface area contributed by atoms with E-state index in [2.05, 4.69) is 27.6 Å². The van der Waals surface area contributed by atoms with Gasteiger partial charge in [-0.15, -0.1) is 0 Å². The van der Waals surface area contributed by atoms with Crippen LogP contribution in [0, 0.1) is 3.57 Å². The summed E-state index contributed by atoms with van der Waals surface area (Å²) in [5.74, 6) is 0. The highest BCUT2D eigenvalue weighted by atomic mass is 127. The minimum Gasteiger partial charge on any atom is -0.344 e. The molecule has 0 radical (unpaired) electrons. The van der Waals surface area contributed by atoms with E-state index in [-0.39, 0.29) is 6.99 Å². The molecular formula is C12H12IN2O+. The van der Waals surface area contributed by atoms with Gasteiger partial charge in [-0.1, -0.05) is 12.1 Å². The average Bonchev–Trinajstić information content (AvgIpc) is 2.29. The lowest BCUT2D eigenvalue weighted by Gasteiger charge is -2.20. The lowest BCUT2D eigenvalue weighted by molar-refractivity contribution is 1.15. The van der Waals surface area contributed by atoms with E-state index < -0.39 is 0 Å². The Morgan fingerprint density at radius 3 is 2.75 bits per heavy atom. The standard InChI is InChI=1S/C12H11IN2O/c1-15(9-6-7-14-12(16)8-9)11-5-3-2-4-10(11)13/h2-8H,1H3,(H,14,16)/p+1. The van der Waals surface area contributed by atoms with Crippen LogP contribution in [-0.2, 0) is 0 Å². The van der Waals surface area contributed by atoms with Gasteiger partial charge in [0.1, 0.15) is 0 Å². The van der Waals surface area contributed by atoms with Crippen LogP contribution in [0.15, 0.2) is 47.4 Å². The fourth-order valence-corrected chi connectivity index (χ4v) is 2.25. The van der Waals surface area contributed by atoms with Crippen molar-refractivity contribution in [2.24, 2.45) is 0 Å². The number of aromatic nitrogens is 1. The van der Waals surface area contributed by atoms with E-state index in [4.69, 9.17) is 0 Å². The van der Waals surface area contributed by atoms with Gasteiger partial charge in [0.05, 0.1) is 5.69 Å². The highest BCUT2D eigenvalue weighted by molar-refractivity contribution is 14.1. The molecule has 0 aliphatic rings. The Bertz CT molecular complexity index is 556. The molecule has 2 rings (SSSR count). The van der Waals surface area contributed by atoms with Gasteiger partial charge in [0.25, 0.3) is 0 Å². The second-order valence-corrected chi connectivity index (χ2v) is 4.58. The SMILES string of the molecule is CN(c1cc[nH]c(=O)c1)c1ccccc1I.[H+]. The third-order valence-corrected chi connectivity index (χ3v) is 3.27. The highest BCUT2D eigenvalue weighted by Crippen LogP contribution is 2.26. The molecule has 0 amide bonds. The first-order valence-electron chi connectivity index (χ1n) is 4.85. The zero-order valence-electron chi connectivity index (χ0n) is 9.77. The molecule has 1 heterocycles. The number of H-pyrrole nitrogens is 1. The molecule has 3 nitrogen and oxygen atoms in total. The lowest BCUT2D eigenvalue weighted by atomic mass is 10.2. The van der Waals surface area contributed by atoms with Gasteiger partial charge in [-0.05, 0) is 40.8 Å². The number of hydrogen-bond donors (Lipinski definition) is 1. The van der Waals surface area contributed by atoms with E-state index in [0.717, 1.165) is 14.9 Å². The maximum absolute atomic E-state index is 11.2. The summed E-state index contributed by atoms with van der Waals surface area (Å²) in [7, 11) is 1.95. The van der Waals surface area contributed by atoms with Crippen LogP contribution < -0.4 is 10.5 Å². The van der Waals surface area contributed by atoms with Crippen molar-refractivity contribution in [2.45, 2.75) is 0 Å². The fraction of sp³-hybridized carbons (Fsp3) is 0.0833. The summed E-state index contributed by atoms with van der Waals surface area (Å²) >= 11 is 2.28. The van der Waals surface area contributed by atoms with Crippen molar-refractivity contribution in [1.82, 2.24) is 4.98 Å². The monoisotopic (exact) mass is 327 g/mol. The van der Waals surface area contributed by atoms with Crippen LogP contribution in [-0.4, -0.2) is 12.0 Å². The summed E-state index contributed by atoms with van der Waals surface area (Å²) in [6.45, 7) is 0. The van der Waals surface area contributed by atoms with Crippen molar-refractivity contribution in [1.29, 1.82) is 0 Å². The number of para-hydroxylation sites is 1. The third kappa shape index (κ3) is 2.27. The molecule has 0 aliphatic carbocycles. The van der Waals surface area contributed by atoms with Gasteiger partial charge < -0.3 is 9.88 Å². The molecule has 0 spiro atoms. The number of pyridine rings is 1. The molecule has 0 fully saturated rings. The minimum atomic E-state index is -0.0877. The minimum absolute atomic E-state index is 0. The lowest BCUT2D eigenvalue weighted by Crippen LogP contribution is -2.14. The van der Waals surface area contributed by atoms with Gasteiger partial charge in [0.15, 0.2) is 0 Å². The molecule has 0 aliphatic heterocycles. The summed E-state index contributed by atoms with van der Waals surface area (Å²) in [6.07, 6.45) is 1.66. The smallest absolute Gasteiger partial charge is 0.344 e. The predicted molar refractivity (Wildman–Crippen MR) is 75.4 cm³/mol. The first-order valence-corrected chi connectivity index (χ1v) is 5.93. The molecule has 1 aromatic heterocycles. The van der Waals surface area contributed by atoms with Gasteiger partial charge in [-0.25, -0.2) is 0 Å². The summed E-state index contributed by atoms with van der Waals surface area (Å²) < 4.78 is 1.16. The van der Waals surface area contributed by atoms with E-state index in [1.54, 1.807) is 12.3 Å². The van der Waals surface area contributed by atoms with Gasteiger partial charge in [-0.2, -0.15) is 0 Å². The third-order valence-electron chi connectivity index (χ3n) is 2.36. The van der Waals surface area contributed by atoms with Crippen LogP contribution in [0.2, 0.25) is 0 Å². The molecule has 1 aromatic carbocycles. The number of benzene rings is 1. The topological polar surface area (TPSA) is 36.1 Å². The van der Waals surface area contributed by atoms with Crippen LogP contribution in [0.3, 0.4) is 0 Å². The molecule has 82 valence electrons. The molecule has 0 saturated carbocycles. The summed E-state index contributed by atoms with van der Waals surface area (Å²) in [6, 6.07) is 11.5. The van der Waals surface area contributed by atoms with E-state index in [1.165, 1.54) is 0 Å². The quantitative estimate of drug-likeness (QED) is 0.861. The average molecular weight is 327 g/mol. The van der Waals surface area contributed by atoms with Gasteiger partial charge in [-0.3, -0.25) is 4.79 Å². The maximum atomic E-state index is 11.2. The van der Waals surface area contributed by atoms with Crippen LogP contribution in [0.4, 0.5) is 11.4 Å². The molecule has 16 heavy (non-hydrogen) atoms. The highest BCUT2D eigenvalue weighted by Gasteiger charge is 2.06. The molecule has 2 aromatic rings. The second-order valence-electron chi connectivity index (χ2n) is 3.42. The Hall–Kier alpha value is -1.30. The zero-order chi connectivity index (χ0) is 11.5. The predicted octanol–water partition coefficient (Wildman–Crippen LogP) is 2.86. The van der Waals surface area contributed by atoms with Crippen LogP contribution in [0.5, 0.6) is 0 Å². The Labute approximate surface area is 109 Å². The Balaban J connectivity index is 0.00000144. The Morgan fingerprint density at radius 1 is 1.31 bits per heavy atom. The molecule has 1 N–H and O–H groups in total. The number of nitrogens with zero attached hydrogens (tertiary/aromatic N) is 1. The summed E-state index contributed by atoms with van der Waals surface area (Å²) in [4.78, 5) is 15.8. The first kappa shape index (κ1) is 11.2. The van der Waals surface area contributed by atoms with E-state index in [1.807, 2.05) is 42.3 Å². The maximum Gasteiger partial charge on any atom is 1.00 e. The molecule has 0 bridgehead atoms. The fourth-order valence-electron chi connectivity index (χ4n) is 1.50. The molecule has 4 heteroatoms. The van der Waals surface area contributed by atoms with Crippen molar-refractivity contribution in [3.05, 3.63) is 56.5 Å². The molecule has 0 saturated heterocycles. The van der Waals surface area contributed by atoms with Crippen LogP contribution >= 0.6 is 22.6 Å². The zero-order valence-corrected chi connectivity index (χ0v) is 10.9. The number of hydrogen-bond acceptors (Lipinski definition) is 2. The summed E-state index contributed by atoms with van der Waals surface area (Å²) in [5, 5.41) is 0. The molecule has 0 unspecified atom stereocenters. The van der Waals surface area contributed by atoms with E-state index in [9.17, 15) is 4.79 Å². The van der Waals surface area contributed by atoms with Crippen molar-refractivity contribution in [3.63, 3.8) is 0 Å². The van der Waals surface area contributed by atoms with Gasteiger partial charge >= 0.3 is 1.43 Å². The number of rotatable bonds is 2. The van der Waals surface area contributed by atoms with Crippen molar-refractivity contribution in [2.75, 3.05) is 11.9 Å². The number of aromatic amines is 1. The van der Waals surface area contributed by atoms with Gasteiger partial charge in [0, 0.05) is 28.6 Å². The Morgan fingerprint density at radius 2 is 2.06 bits per heavy atom. The van der Waals surface area contributed by atoms with E-state index >= 15 is 0 Å². The van der Waals surface area contributed by atoms with Crippen LogP contribution in [0.25, 0.3) is 0 Å². The van der Waals surface area contributed by atoms with Crippen molar-refractivity contribution < 1.29 is 1.43 Å². The molecular weight excluding hydrogens is 315 g/mol. The number of anilines is 2. The van der Waals surface area contributed by atoms with Gasteiger partial charge in [0.2, 0.25) is 5.56 Å². The van der Waals surface area contributed by atoms with Crippen molar-refractivity contribution >= 4 is 34.0 Å². The normalized spacial score (nSPS) is 10.1. The van der Waals surface area contributed by atoms with Crippen molar-refractivity contribution in [3.8, 4) is 0 Å². The summed E-state index contributed by atoms with van der Waals surface area (Å²) in [5.41, 5.74) is 1.89. The first-order chi connectivity index (χ1) is 7.68. The van der Waals surface area contributed by atoms with E-state index in [0.29, 0.717) is 0 Å². The Kier molecular flexibility index (Phi) is 3.28. The largest absolute Gasteiger partial charge is 1.00 e. The number of halogens is 1. The molecule has 0 atom stereocenters. The number of nitrogens with one attached hydrogen (secondary N) is 1. The van der Waals surface area contributed by atoms with Crippen LogP contribution in [0.1, 0.15) is 1.43 Å². The second kappa shape index (κ2) is 4.69.